The van der Waals surface area contributed by atoms with Crippen molar-refractivity contribution in [3.8, 4) is 0 Å². The number of hydrogen-bond donors (Lipinski definition) is 1. The number of carbonyl (C=O) groups excluding carboxylic acids is 1. The molecular weight excluding hydrogens is 252 g/mol. The van der Waals surface area contributed by atoms with Crippen molar-refractivity contribution in [1.82, 2.24) is 10.2 Å². The van der Waals surface area contributed by atoms with Crippen LogP contribution in [0.25, 0.3) is 0 Å². The van der Waals surface area contributed by atoms with E-state index in [0.29, 0.717) is 6.61 Å². The molecule has 106 valence electrons. The highest BCUT2D eigenvalue weighted by molar-refractivity contribution is 7.85. The maximum absolute atomic E-state index is 11.7. The highest BCUT2D eigenvalue weighted by Crippen LogP contribution is 2.04. The van der Waals surface area contributed by atoms with Crippen molar-refractivity contribution in [3.05, 3.63) is 0 Å². The zero-order valence-corrected chi connectivity index (χ0v) is 12.1. The molecule has 0 radical (unpaired) electrons. The molecule has 1 unspecified atom stereocenters. The Morgan fingerprint density at radius 3 is 2.61 bits per heavy atom. The molecule has 0 aromatic heterocycles. The zero-order valence-electron chi connectivity index (χ0n) is 11.3. The first kappa shape index (κ1) is 15.6. The molecule has 0 aliphatic carbocycles. The molecule has 1 fully saturated rings. The van der Waals surface area contributed by atoms with Crippen LogP contribution in [0, 0.1) is 0 Å². The number of carbonyl (C=O) groups is 1. The van der Waals surface area contributed by atoms with Gasteiger partial charge < -0.3 is 15.0 Å². The molecule has 0 saturated carbocycles. The summed E-state index contributed by atoms with van der Waals surface area (Å²) in [6, 6.07) is -0.220. The maximum atomic E-state index is 11.7. The summed E-state index contributed by atoms with van der Waals surface area (Å²) in [5.41, 5.74) is 0. The fraction of sp³-hybridized carbons (Fsp3) is 0.917. The number of ether oxygens (including phenoxy) is 1. The first-order valence-electron chi connectivity index (χ1n) is 6.64. The summed E-state index contributed by atoms with van der Waals surface area (Å²) in [6.45, 7) is 7.57. The molecule has 18 heavy (non-hydrogen) atoms. The highest BCUT2D eigenvalue weighted by Gasteiger charge is 2.21. The van der Waals surface area contributed by atoms with Crippen LogP contribution >= 0.6 is 0 Å². The Bertz CT molecular complexity index is 276. The molecule has 0 spiro atoms. The van der Waals surface area contributed by atoms with E-state index in [-0.39, 0.29) is 12.0 Å². The standard InChI is InChI=1S/C12H24N2O3S/c1-3-13-11(12(15)17-4-2)5-6-14-7-9-18(16)10-8-14/h11,13H,3-10H2,1-2H3. The van der Waals surface area contributed by atoms with E-state index in [1.807, 2.05) is 13.8 Å². The topological polar surface area (TPSA) is 58.6 Å². The normalized spacial score (nSPS) is 19.7. The zero-order chi connectivity index (χ0) is 13.4. The van der Waals surface area contributed by atoms with Crippen LogP contribution in [0.5, 0.6) is 0 Å². The summed E-state index contributed by atoms with van der Waals surface area (Å²) in [5.74, 6) is 1.34. The largest absolute Gasteiger partial charge is 0.465 e. The first-order valence-corrected chi connectivity index (χ1v) is 8.13. The lowest BCUT2D eigenvalue weighted by Gasteiger charge is -2.27. The van der Waals surface area contributed by atoms with E-state index in [0.717, 1.165) is 44.1 Å². The van der Waals surface area contributed by atoms with Crippen LogP contribution in [-0.2, 0) is 20.3 Å². The van der Waals surface area contributed by atoms with E-state index >= 15 is 0 Å². The first-order chi connectivity index (χ1) is 8.67. The number of hydrogen-bond acceptors (Lipinski definition) is 5. The molecule has 0 aromatic carbocycles. The van der Waals surface area contributed by atoms with Crippen LogP contribution in [0.1, 0.15) is 20.3 Å². The van der Waals surface area contributed by atoms with Crippen LogP contribution in [-0.4, -0.2) is 65.4 Å². The van der Waals surface area contributed by atoms with Gasteiger partial charge in [0.2, 0.25) is 0 Å². The minimum absolute atomic E-state index is 0.167. The third-order valence-electron chi connectivity index (χ3n) is 3.03. The number of nitrogens with zero attached hydrogens (tertiary/aromatic N) is 1. The average Bonchev–Trinajstić information content (AvgIpc) is 2.36. The van der Waals surface area contributed by atoms with Crippen LogP contribution < -0.4 is 5.32 Å². The van der Waals surface area contributed by atoms with Gasteiger partial charge in [-0.15, -0.1) is 0 Å². The van der Waals surface area contributed by atoms with Crippen molar-refractivity contribution in [3.63, 3.8) is 0 Å². The van der Waals surface area contributed by atoms with Crippen LogP contribution in [0.15, 0.2) is 0 Å². The van der Waals surface area contributed by atoms with Gasteiger partial charge in [0.1, 0.15) is 6.04 Å². The number of rotatable bonds is 7. The van der Waals surface area contributed by atoms with Gasteiger partial charge in [0.05, 0.1) is 6.61 Å². The molecule has 5 nitrogen and oxygen atoms in total. The summed E-state index contributed by atoms with van der Waals surface area (Å²) in [4.78, 5) is 14.0. The smallest absolute Gasteiger partial charge is 0.323 e. The Morgan fingerprint density at radius 1 is 1.39 bits per heavy atom. The van der Waals surface area contributed by atoms with Gasteiger partial charge in [-0.2, -0.15) is 0 Å². The predicted molar refractivity (Wildman–Crippen MR) is 73.0 cm³/mol. The Labute approximate surface area is 112 Å². The van der Waals surface area contributed by atoms with Gasteiger partial charge in [-0.05, 0) is 19.9 Å². The number of likely N-dealkylation sites (N-methyl/N-ethyl adjacent to an activating group) is 1. The molecule has 0 bridgehead atoms. The molecule has 6 heteroatoms. The van der Waals surface area contributed by atoms with Crippen LogP contribution in [0.4, 0.5) is 0 Å². The molecule has 0 amide bonds. The average molecular weight is 276 g/mol. The number of nitrogens with one attached hydrogen (secondary N) is 1. The lowest BCUT2D eigenvalue weighted by Crippen LogP contribution is -2.44. The van der Waals surface area contributed by atoms with Gasteiger partial charge in [-0.3, -0.25) is 9.00 Å². The van der Waals surface area contributed by atoms with Crippen LogP contribution in [0.2, 0.25) is 0 Å². The maximum Gasteiger partial charge on any atom is 0.323 e. The van der Waals surface area contributed by atoms with E-state index in [1.54, 1.807) is 0 Å². The van der Waals surface area contributed by atoms with E-state index in [4.69, 9.17) is 4.74 Å². The molecule has 0 aromatic rings. The van der Waals surface area contributed by atoms with Crippen molar-refractivity contribution in [1.29, 1.82) is 0 Å². The van der Waals surface area contributed by atoms with Gasteiger partial charge in [-0.1, -0.05) is 6.92 Å². The summed E-state index contributed by atoms with van der Waals surface area (Å²) >= 11 is 0. The second kappa shape index (κ2) is 8.61. The van der Waals surface area contributed by atoms with Gasteiger partial charge in [-0.25, -0.2) is 0 Å². The van der Waals surface area contributed by atoms with E-state index in [2.05, 4.69) is 10.2 Å². The van der Waals surface area contributed by atoms with Gasteiger partial charge >= 0.3 is 5.97 Å². The second-order valence-corrected chi connectivity index (χ2v) is 6.04. The van der Waals surface area contributed by atoms with Crippen molar-refractivity contribution < 1.29 is 13.7 Å². The molecule has 1 heterocycles. The van der Waals surface area contributed by atoms with E-state index < -0.39 is 10.8 Å². The third-order valence-corrected chi connectivity index (χ3v) is 4.30. The third kappa shape index (κ3) is 5.46. The highest BCUT2D eigenvalue weighted by atomic mass is 32.2. The fourth-order valence-corrected chi connectivity index (χ4v) is 3.13. The molecule has 1 aliphatic heterocycles. The quantitative estimate of drug-likeness (QED) is 0.662. The predicted octanol–water partition coefficient (Wildman–Crippen LogP) is -0.0180. The van der Waals surface area contributed by atoms with Crippen LogP contribution in [0.3, 0.4) is 0 Å². The molecular formula is C12H24N2O3S. The second-order valence-electron chi connectivity index (χ2n) is 4.34. The minimum atomic E-state index is -0.639. The summed E-state index contributed by atoms with van der Waals surface area (Å²) < 4.78 is 16.3. The van der Waals surface area contributed by atoms with Crippen molar-refractivity contribution in [2.45, 2.75) is 26.3 Å². The SMILES string of the molecule is CCNC(CCN1CCS(=O)CC1)C(=O)OCC. The van der Waals surface area contributed by atoms with Crippen molar-refractivity contribution >= 4 is 16.8 Å². The monoisotopic (exact) mass is 276 g/mol. The Morgan fingerprint density at radius 2 is 2.06 bits per heavy atom. The Kier molecular flexibility index (Phi) is 7.46. The Hall–Kier alpha value is -0.460. The van der Waals surface area contributed by atoms with Gasteiger partial charge in [0, 0.05) is 41.9 Å². The molecule has 1 atom stereocenters. The molecule has 1 aliphatic rings. The molecule has 1 rings (SSSR count). The summed E-state index contributed by atoms with van der Waals surface area (Å²) in [6.07, 6.45) is 0.749. The summed E-state index contributed by atoms with van der Waals surface area (Å²) in [7, 11) is -0.639. The fourth-order valence-electron chi connectivity index (χ4n) is 2.00. The van der Waals surface area contributed by atoms with E-state index in [9.17, 15) is 9.00 Å². The molecule has 1 N–H and O–H groups in total. The van der Waals surface area contributed by atoms with Crippen molar-refractivity contribution in [2.75, 3.05) is 44.3 Å². The van der Waals surface area contributed by atoms with Gasteiger partial charge in [0.15, 0.2) is 0 Å². The summed E-state index contributed by atoms with van der Waals surface area (Å²) in [5, 5.41) is 3.15. The Balaban J connectivity index is 2.32. The van der Waals surface area contributed by atoms with Gasteiger partial charge in [0.25, 0.3) is 0 Å². The lowest BCUT2D eigenvalue weighted by atomic mass is 10.2. The van der Waals surface area contributed by atoms with Crippen molar-refractivity contribution in [2.24, 2.45) is 0 Å². The molecule has 1 saturated heterocycles. The minimum Gasteiger partial charge on any atom is -0.465 e. The van der Waals surface area contributed by atoms with E-state index in [1.165, 1.54) is 0 Å². The lowest BCUT2D eigenvalue weighted by molar-refractivity contribution is -0.145. The number of esters is 1.